The van der Waals surface area contributed by atoms with Crippen molar-refractivity contribution in [2.24, 2.45) is 0 Å². The van der Waals surface area contributed by atoms with Crippen molar-refractivity contribution in [1.82, 2.24) is 20.1 Å². The van der Waals surface area contributed by atoms with E-state index in [1.54, 1.807) is 0 Å². The maximum Gasteiger partial charge on any atom is 0.326 e. The predicted molar refractivity (Wildman–Crippen MR) is 61.2 cm³/mol. The highest BCUT2D eigenvalue weighted by Gasteiger charge is 2.24. The summed E-state index contributed by atoms with van der Waals surface area (Å²) in [4.78, 5) is 36.8. The Balaban J connectivity index is 2.61. The van der Waals surface area contributed by atoms with Gasteiger partial charge in [-0.05, 0) is 13.3 Å². The summed E-state index contributed by atoms with van der Waals surface area (Å²) in [5.74, 6) is -2.96. The number of carboxylic acid groups (broad SMARTS) is 2. The molecule has 0 aliphatic carbocycles. The Labute approximate surface area is 108 Å². The third kappa shape index (κ3) is 4.37. The summed E-state index contributed by atoms with van der Waals surface area (Å²) in [6.07, 6.45) is 2.07. The number of aliphatic carboxylic acids is 2. The molecule has 9 heteroatoms. The second kappa shape index (κ2) is 6.47. The number of rotatable bonds is 7. The molecule has 0 aliphatic heterocycles. The van der Waals surface area contributed by atoms with Crippen molar-refractivity contribution in [1.29, 1.82) is 0 Å². The summed E-state index contributed by atoms with van der Waals surface area (Å²) < 4.78 is 1.27. The Bertz CT molecular complexity index is 458. The van der Waals surface area contributed by atoms with Crippen LogP contribution < -0.4 is 5.32 Å². The van der Waals surface area contributed by atoms with Crippen LogP contribution in [0.25, 0.3) is 0 Å². The molecule has 0 fully saturated rings. The average Bonchev–Trinajstić information content (AvgIpc) is 2.86. The minimum Gasteiger partial charge on any atom is -0.481 e. The van der Waals surface area contributed by atoms with E-state index >= 15 is 0 Å². The van der Waals surface area contributed by atoms with Gasteiger partial charge in [0, 0.05) is 6.42 Å². The molecule has 0 bridgehead atoms. The van der Waals surface area contributed by atoms with E-state index in [1.807, 2.05) is 0 Å². The average molecular weight is 270 g/mol. The first-order chi connectivity index (χ1) is 8.91. The second-order valence-electron chi connectivity index (χ2n) is 3.88. The molecule has 1 heterocycles. The van der Waals surface area contributed by atoms with Crippen LogP contribution in [-0.4, -0.2) is 48.9 Å². The molecule has 2 atom stereocenters. The lowest BCUT2D eigenvalue weighted by molar-refractivity contribution is -0.143. The van der Waals surface area contributed by atoms with Gasteiger partial charge < -0.3 is 15.5 Å². The Morgan fingerprint density at radius 2 is 2.05 bits per heavy atom. The Kier molecular flexibility index (Phi) is 4.98. The van der Waals surface area contributed by atoms with Gasteiger partial charge in [-0.2, -0.15) is 5.10 Å². The predicted octanol–water partition coefficient (Wildman–Crippen LogP) is -0.727. The van der Waals surface area contributed by atoms with E-state index in [2.05, 4.69) is 15.4 Å². The van der Waals surface area contributed by atoms with E-state index in [0.717, 1.165) is 0 Å². The van der Waals surface area contributed by atoms with Gasteiger partial charge in [0.15, 0.2) is 0 Å². The first-order valence-electron chi connectivity index (χ1n) is 5.51. The highest BCUT2D eigenvalue weighted by Crippen LogP contribution is 2.05. The van der Waals surface area contributed by atoms with Crippen LogP contribution in [0.4, 0.5) is 0 Å². The monoisotopic (exact) mass is 270 g/mol. The molecule has 0 aromatic carbocycles. The number of hydrogen-bond acceptors (Lipinski definition) is 5. The van der Waals surface area contributed by atoms with Gasteiger partial charge in [-0.1, -0.05) is 0 Å². The molecular weight excluding hydrogens is 256 g/mol. The molecule has 0 aliphatic rings. The van der Waals surface area contributed by atoms with E-state index in [-0.39, 0.29) is 12.8 Å². The molecule has 0 saturated heterocycles. The maximum absolute atomic E-state index is 11.8. The molecule has 0 spiro atoms. The number of carbonyl (C=O) groups is 3. The van der Waals surface area contributed by atoms with Gasteiger partial charge in [-0.15, -0.1) is 0 Å². The second-order valence-corrected chi connectivity index (χ2v) is 3.88. The van der Waals surface area contributed by atoms with Crippen LogP contribution in [-0.2, 0) is 14.4 Å². The van der Waals surface area contributed by atoms with Crippen molar-refractivity contribution in [2.75, 3.05) is 0 Å². The number of amides is 1. The van der Waals surface area contributed by atoms with E-state index in [1.165, 1.54) is 24.3 Å². The number of nitrogens with one attached hydrogen (secondary N) is 1. The molecule has 1 aromatic rings. The van der Waals surface area contributed by atoms with Crippen molar-refractivity contribution in [3.8, 4) is 0 Å². The summed E-state index contributed by atoms with van der Waals surface area (Å²) >= 11 is 0. The lowest BCUT2D eigenvalue weighted by atomic mass is 10.1. The molecule has 1 rings (SSSR count). The SMILES string of the molecule is CC(C(=O)NC(CCC(=O)O)C(=O)O)n1cncn1. The quantitative estimate of drug-likeness (QED) is 0.594. The molecule has 0 radical (unpaired) electrons. The minimum atomic E-state index is -1.28. The van der Waals surface area contributed by atoms with E-state index in [9.17, 15) is 14.4 Å². The van der Waals surface area contributed by atoms with Crippen molar-refractivity contribution in [3.05, 3.63) is 12.7 Å². The number of aromatic nitrogens is 3. The van der Waals surface area contributed by atoms with Gasteiger partial charge in [-0.3, -0.25) is 9.59 Å². The Morgan fingerprint density at radius 3 is 2.53 bits per heavy atom. The molecule has 104 valence electrons. The van der Waals surface area contributed by atoms with E-state index < -0.39 is 29.9 Å². The van der Waals surface area contributed by atoms with Crippen LogP contribution in [0.15, 0.2) is 12.7 Å². The smallest absolute Gasteiger partial charge is 0.326 e. The molecule has 3 N–H and O–H groups in total. The molecule has 19 heavy (non-hydrogen) atoms. The minimum absolute atomic E-state index is 0.180. The van der Waals surface area contributed by atoms with Gasteiger partial charge in [0.1, 0.15) is 24.7 Å². The van der Waals surface area contributed by atoms with Crippen LogP contribution in [0.3, 0.4) is 0 Å². The van der Waals surface area contributed by atoms with Crippen LogP contribution in [0.1, 0.15) is 25.8 Å². The van der Waals surface area contributed by atoms with Gasteiger partial charge in [0.2, 0.25) is 5.91 Å². The van der Waals surface area contributed by atoms with Gasteiger partial charge >= 0.3 is 11.9 Å². The molecule has 1 amide bonds. The molecule has 1 aromatic heterocycles. The lowest BCUT2D eigenvalue weighted by Crippen LogP contribution is -2.43. The van der Waals surface area contributed by atoms with Crippen molar-refractivity contribution >= 4 is 17.8 Å². The topological polar surface area (TPSA) is 134 Å². The fraction of sp³-hybridized carbons (Fsp3) is 0.500. The standard InChI is InChI=1S/C10H14N4O5/c1-6(14-5-11-4-12-14)9(17)13-7(10(18)19)2-3-8(15)16/h4-7H,2-3H2,1H3,(H,13,17)(H,15,16)(H,18,19). The van der Waals surface area contributed by atoms with E-state index in [4.69, 9.17) is 10.2 Å². The number of nitrogens with zero attached hydrogens (tertiary/aromatic N) is 3. The highest BCUT2D eigenvalue weighted by molar-refractivity contribution is 5.85. The normalized spacial score (nSPS) is 13.5. The third-order valence-electron chi connectivity index (χ3n) is 2.47. The summed E-state index contributed by atoms with van der Waals surface area (Å²) in [6, 6.07) is -1.97. The largest absolute Gasteiger partial charge is 0.481 e. The molecule has 2 unspecified atom stereocenters. The summed E-state index contributed by atoms with van der Waals surface area (Å²) in [7, 11) is 0. The van der Waals surface area contributed by atoms with E-state index in [0.29, 0.717) is 0 Å². The first-order valence-corrected chi connectivity index (χ1v) is 5.51. The fourth-order valence-electron chi connectivity index (χ4n) is 1.36. The fourth-order valence-corrected chi connectivity index (χ4v) is 1.36. The van der Waals surface area contributed by atoms with Crippen LogP contribution in [0.2, 0.25) is 0 Å². The molecule has 9 nitrogen and oxygen atoms in total. The van der Waals surface area contributed by atoms with Crippen molar-refractivity contribution < 1.29 is 24.6 Å². The number of carboxylic acids is 2. The summed E-state index contributed by atoms with van der Waals surface area (Å²) in [6.45, 7) is 1.53. The zero-order valence-corrected chi connectivity index (χ0v) is 10.2. The van der Waals surface area contributed by atoms with Crippen molar-refractivity contribution in [2.45, 2.75) is 31.8 Å². The van der Waals surface area contributed by atoms with Crippen molar-refractivity contribution in [3.63, 3.8) is 0 Å². The zero-order valence-electron chi connectivity index (χ0n) is 10.2. The van der Waals surface area contributed by atoms with Crippen LogP contribution in [0.5, 0.6) is 0 Å². The molecular formula is C10H14N4O5. The first kappa shape index (κ1) is 14.6. The highest BCUT2D eigenvalue weighted by atomic mass is 16.4. The van der Waals surface area contributed by atoms with Gasteiger partial charge in [-0.25, -0.2) is 14.5 Å². The van der Waals surface area contributed by atoms with Crippen LogP contribution in [0, 0.1) is 0 Å². The zero-order chi connectivity index (χ0) is 14.4. The number of carbonyl (C=O) groups excluding carboxylic acids is 1. The summed E-state index contributed by atoms with van der Waals surface area (Å²) in [5.41, 5.74) is 0. The lowest BCUT2D eigenvalue weighted by Gasteiger charge is -2.17. The Morgan fingerprint density at radius 1 is 1.37 bits per heavy atom. The Hall–Kier alpha value is -2.45. The van der Waals surface area contributed by atoms with Gasteiger partial charge in [0.25, 0.3) is 0 Å². The van der Waals surface area contributed by atoms with Gasteiger partial charge in [0.05, 0.1) is 0 Å². The van der Waals surface area contributed by atoms with Crippen LogP contribution >= 0.6 is 0 Å². The molecule has 0 saturated carbocycles. The summed E-state index contributed by atoms with van der Waals surface area (Å²) in [5, 5.41) is 23.5. The third-order valence-corrected chi connectivity index (χ3v) is 2.47. The number of hydrogen-bond donors (Lipinski definition) is 3. The maximum atomic E-state index is 11.8.